The van der Waals surface area contributed by atoms with E-state index in [2.05, 4.69) is 45.9 Å². The minimum atomic E-state index is 0.625. The minimum Gasteiger partial charge on any atom is -0.357 e. The molecule has 1 N–H and O–H groups in total. The number of nitrogens with zero attached hydrogens (tertiary/aromatic N) is 2. The van der Waals surface area contributed by atoms with Gasteiger partial charge in [0.15, 0.2) is 0 Å². The number of nitrogens with one attached hydrogen (secondary N) is 1. The topological polar surface area (TPSA) is 28.2 Å². The van der Waals surface area contributed by atoms with Gasteiger partial charge in [-0.15, -0.1) is 0 Å². The van der Waals surface area contributed by atoms with Gasteiger partial charge in [0, 0.05) is 25.0 Å². The molecule has 0 saturated carbocycles. The number of rotatable bonds is 3. The molecule has 17 heavy (non-hydrogen) atoms. The summed E-state index contributed by atoms with van der Waals surface area (Å²) >= 11 is 1.59. The Labute approximate surface area is 106 Å². The van der Waals surface area contributed by atoms with E-state index in [0.29, 0.717) is 6.04 Å². The zero-order valence-electron chi connectivity index (χ0n) is 10.0. The predicted octanol–water partition coefficient (Wildman–Crippen LogP) is 2.48. The summed E-state index contributed by atoms with van der Waals surface area (Å²) < 4.78 is 5.85. The van der Waals surface area contributed by atoms with Crippen LogP contribution in [0.25, 0.3) is 10.1 Å². The van der Waals surface area contributed by atoms with Crippen LogP contribution in [0.4, 0.5) is 5.82 Å². The lowest BCUT2D eigenvalue weighted by molar-refractivity contribution is 0.599. The van der Waals surface area contributed by atoms with Crippen molar-refractivity contribution in [2.24, 2.45) is 0 Å². The maximum atomic E-state index is 4.58. The number of benzene rings is 1. The Bertz CT molecular complexity index is 502. The van der Waals surface area contributed by atoms with Crippen LogP contribution in [0.3, 0.4) is 0 Å². The quantitative estimate of drug-likeness (QED) is 0.903. The van der Waals surface area contributed by atoms with E-state index >= 15 is 0 Å². The predicted molar refractivity (Wildman–Crippen MR) is 73.9 cm³/mol. The van der Waals surface area contributed by atoms with E-state index in [1.54, 1.807) is 11.5 Å². The van der Waals surface area contributed by atoms with Gasteiger partial charge in [0.1, 0.15) is 5.82 Å². The highest BCUT2D eigenvalue weighted by atomic mass is 32.1. The molecule has 0 unspecified atom stereocenters. The molecule has 2 aromatic rings. The first-order valence-electron chi connectivity index (χ1n) is 6.13. The fourth-order valence-electron chi connectivity index (χ4n) is 2.48. The van der Waals surface area contributed by atoms with Crippen LogP contribution in [0, 0.1) is 0 Å². The monoisotopic (exact) mass is 247 g/mol. The normalized spacial score (nSPS) is 19.9. The van der Waals surface area contributed by atoms with Crippen LogP contribution in [0.5, 0.6) is 0 Å². The molecule has 1 aliphatic heterocycles. The molecule has 0 aliphatic carbocycles. The molecule has 1 fully saturated rings. The standard InChI is InChI=1S/C13H17N3S/c1-16(9-10-5-4-8-14-10)13-11-6-2-3-7-12(11)17-15-13/h2-3,6-7,10,14H,4-5,8-9H2,1H3/t10-/m1/s1. The summed E-state index contributed by atoms with van der Waals surface area (Å²) in [5.41, 5.74) is 0. The zero-order chi connectivity index (χ0) is 11.7. The van der Waals surface area contributed by atoms with Crippen LogP contribution in [0.15, 0.2) is 24.3 Å². The zero-order valence-corrected chi connectivity index (χ0v) is 10.8. The Morgan fingerprint density at radius 1 is 1.47 bits per heavy atom. The summed E-state index contributed by atoms with van der Waals surface area (Å²) in [5, 5.41) is 4.81. The van der Waals surface area contributed by atoms with E-state index in [4.69, 9.17) is 0 Å². The Hall–Kier alpha value is -1.13. The Morgan fingerprint density at radius 2 is 2.35 bits per heavy atom. The first-order chi connectivity index (χ1) is 8.34. The molecule has 3 rings (SSSR count). The molecule has 0 bridgehead atoms. The highest BCUT2D eigenvalue weighted by molar-refractivity contribution is 7.13. The van der Waals surface area contributed by atoms with E-state index in [-0.39, 0.29) is 0 Å². The molecule has 90 valence electrons. The third-order valence-electron chi connectivity index (χ3n) is 3.38. The van der Waals surface area contributed by atoms with E-state index in [0.717, 1.165) is 18.9 Å². The van der Waals surface area contributed by atoms with E-state index in [1.807, 2.05) is 0 Å². The summed E-state index contributed by atoms with van der Waals surface area (Å²) in [6.45, 7) is 2.21. The second-order valence-electron chi connectivity index (χ2n) is 4.68. The van der Waals surface area contributed by atoms with Crippen molar-refractivity contribution in [3.63, 3.8) is 0 Å². The first-order valence-corrected chi connectivity index (χ1v) is 6.91. The van der Waals surface area contributed by atoms with Gasteiger partial charge in [0.25, 0.3) is 0 Å². The molecular weight excluding hydrogens is 230 g/mol. The average Bonchev–Trinajstić information content (AvgIpc) is 2.96. The third kappa shape index (κ3) is 2.15. The molecule has 4 heteroatoms. The van der Waals surface area contributed by atoms with Crippen LogP contribution < -0.4 is 10.2 Å². The maximum Gasteiger partial charge on any atom is 0.149 e. The van der Waals surface area contributed by atoms with Crippen molar-refractivity contribution in [1.29, 1.82) is 0 Å². The number of hydrogen-bond acceptors (Lipinski definition) is 4. The highest BCUT2D eigenvalue weighted by Crippen LogP contribution is 2.28. The fourth-order valence-corrected chi connectivity index (χ4v) is 3.30. The Morgan fingerprint density at radius 3 is 3.18 bits per heavy atom. The van der Waals surface area contributed by atoms with Crippen molar-refractivity contribution in [3.05, 3.63) is 24.3 Å². The van der Waals surface area contributed by atoms with Crippen molar-refractivity contribution < 1.29 is 0 Å². The van der Waals surface area contributed by atoms with Crippen LogP contribution >= 0.6 is 11.5 Å². The van der Waals surface area contributed by atoms with Gasteiger partial charge in [0.2, 0.25) is 0 Å². The van der Waals surface area contributed by atoms with Crippen LogP contribution in [0.1, 0.15) is 12.8 Å². The van der Waals surface area contributed by atoms with E-state index in [9.17, 15) is 0 Å². The van der Waals surface area contributed by atoms with E-state index in [1.165, 1.54) is 22.9 Å². The van der Waals surface area contributed by atoms with Crippen LogP contribution in [-0.4, -0.2) is 30.6 Å². The van der Waals surface area contributed by atoms with Crippen molar-refractivity contribution in [1.82, 2.24) is 9.69 Å². The molecule has 1 aliphatic rings. The molecule has 0 amide bonds. The third-order valence-corrected chi connectivity index (χ3v) is 4.19. The lowest BCUT2D eigenvalue weighted by Gasteiger charge is -2.21. The molecule has 1 atom stereocenters. The lowest BCUT2D eigenvalue weighted by atomic mass is 10.2. The molecular formula is C13H17N3S. The van der Waals surface area contributed by atoms with Crippen LogP contribution in [0.2, 0.25) is 0 Å². The number of fused-ring (bicyclic) bond motifs is 1. The summed E-state index contributed by atoms with van der Waals surface area (Å²) in [6, 6.07) is 9.08. The van der Waals surface area contributed by atoms with Gasteiger partial charge >= 0.3 is 0 Å². The molecule has 1 saturated heterocycles. The van der Waals surface area contributed by atoms with Gasteiger partial charge in [0.05, 0.1) is 4.70 Å². The molecule has 1 aromatic carbocycles. The van der Waals surface area contributed by atoms with Crippen molar-refractivity contribution in [2.75, 3.05) is 25.0 Å². The highest BCUT2D eigenvalue weighted by Gasteiger charge is 2.18. The number of hydrogen-bond donors (Lipinski definition) is 1. The Kier molecular flexibility index (Phi) is 2.99. The van der Waals surface area contributed by atoms with Gasteiger partial charge in [-0.3, -0.25) is 0 Å². The summed E-state index contributed by atoms with van der Waals surface area (Å²) in [7, 11) is 2.14. The molecule has 2 heterocycles. The van der Waals surface area contributed by atoms with Gasteiger partial charge in [-0.2, -0.15) is 4.37 Å². The van der Waals surface area contributed by atoms with Gasteiger partial charge < -0.3 is 10.2 Å². The second kappa shape index (κ2) is 4.63. The molecule has 0 spiro atoms. The second-order valence-corrected chi connectivity index (χ2v) is 5.48. The molecule has 0 radical (unpaired) electrons. The fraction of sp³-hybridized carbons (Fsp3) is 0.462. The summed E-state index contributed by atoms with van der Waals surface area (Å²) in [5.74, 6) is 1.12. The first kappa shape index (κ1) is 11.0. The van der Waals surface area contributed by atoms with Gasteiger partial charge in [-0.25, -0.2) is 0 Å². The molecule has 1 aromatic heterocycles. The van der Waals surface area contributed by atoms with Crippen molar-refractivity contribution in [3.8, 4) is 0 Å². The lowest BCUT2D eigenvalue weighted by Crippen LogP contribution is -2.35. The number of anilines is 1. The van der Waals surface area contributed by atoms with Gasteiger partial charge in [-0.05, 0) is 43.1 Å². The summed E-state index contributed by atoms with van der Waals surface area (Å²) in [4.78, 5) is 2.28. The smallest absolute Gasteiger partial charge is 0.149 e. The molecule has 3 nitrogen and oxygen atoms in total. The minimum absolute atomic E-state index is 0.625. The van der Waals surface area contributed by atoms with E-state index < -0.39 is 0 Å². The van der Waals surface area contributed by atoms with Crippen molar-refractivity contribution in [2.45, 2.75) is 18.9 Å². The Balaban J connectivity index is 1.82. The SMILES string of the molecule is CN(C[C@H]1CCCN1)c1nsc2ccccc12. The summed E-state index contributed by atoms with van der Waals surface area (Å²) in [6.07, 6.45) is 2.59. The number of aromatic nitrogens is 1. The van der Waals surface area contributed by atoms with Crippen LogP contribution in [-0.2, 0) is 0 Å². The largest absolute Gasteiger partial charge is 0.357 e. The van der Waals surface area contributed by atoms with Gasteiger partial charge in [-0.1, -0.05) is 12.1 Å². The average molecular weight is 247 g/mol. The maximum absolute atomic E-state index is 4.58. The van der Waals surface area contributed by atoms with Crippen molar-refractivity contribution >= 4 is 27.4 Å². The number of likely N-dealkylation sites (N-methyl/N-ethyl adjacent to an activating group) is 1.